The number of aromatic hydroxyl groups is 1. The molecule has 10 nitrogen and oxygen atoms in total. The van der Waals surface area contributed by atoms with E-state index in [1.54, 1.807) is 39.8 Å². The van der Waals surface area contributed by atoms with Crippen molar-refractivity contribution in [1.82, 2.24) is 15.5 Å². The lowest BCUT2D eigenvalue weighted by Gasteiger charge is -2.35. The summed E-state index contributed by atoms with van der Waals surface area (Å²) in [5.41, 5.74) is 5.60. The zero-order valence-corrected chi connectivity index (χ0v) is 23.2. The fraction of sp³-hybridized carbons (Fsp3) is 0.630. The maximum atomic E-state index is 13.9. The number of rotatable bonds is 13. The van der Waals surface area contributed by atoms with E-state index in [9.17, 15) is 24.3 Å². The van der Waals surface area contributed by atoms with Crippen LogP contribution in [0.15, 0.2) is 18.2 Å². The molecule has 0 aliphatic rings. The number of phenolic OH excluding ortho intramolecular Hbond substituents is 1. The van der Waals surface area contributed by atoms with E-state index in [1.165, 1.54) is 11.0 Å². The minimum absolute atomic E-state index is 0.0528. The van der Waals surface area contributed by atoms with Crippen LogP contribution >= 0.6 is 0 Å². The normalized spacial score (nSPS) is 13.7. The Bertz CT molecular complexity index is 943. The molecule has 37 heavy (non-hydrogen) atoms. The first-order valence-corrected chi connectivity index (χ1v) is 12.9. The number of benzene rings is 1. The molecule has 1 rings (SSSR count). The van der Waals surface area contributed by atoms with Crippen LogP contribution in [0.1, 0.15) is 90.8 Å². The molecular weight excluding hydrogens is 476 g/mol. The van der Waals surface area contributed by atoms with Crippen molar-refractivity contribution in [2.75, 3.05) is 6.54 Å². The van der Waals surface area contributed by atoms with Gasteiger partial charge in [0.25, 0.3) is 0 Å². The molecule has 3 unspecified atom stereocenters. The van der Waals surface area contributed by atoms with E-state index in [0.717, 1.165) is 12.8 Å². The molecule has 4 amide bonds. The molecule has 0 saturated carbocycles. The van der Waals surface area contributed by atoms with E-state index in [1.807, 2.05) is 20.8 Å². The summed E-state index contributed by atoms with van der Waals surface area (Å²) in [5.74, 6) is -1.47. The predicted octanol–water partition coefficient (Wildman–Crippen LogP) is 3.44. The van der Waals surface area contributed by atoms with Crippen LogP contribution in [0.25, 0.3) is 0 Å². The quantitative estimate of drug-likeness (QED) is 0.313. The Labute approximate surface area is 220 Å². The van der Waals surface area contributed by atoms with Crippen molar-refractivity contribution in [3.05, 3.63) is 29.3 Å². The molecule has 0 aromatic heterocycles. The molecule has 5 N–H and O–H groups in total. The van der Waals surface area contributed by atoms with Gasteiger partial charge in [0.15, 0.2) is 0 Å². The van der Waals surface area contributed by atoms with E-state index in [4.69, 9.17) is 10.5 Å². The molecule has 0 aliphatic heterocycles. The number of aryl methyl sites for hydroxylation is 1. The van der Waals surface area contributed by atoms with Crippen molar-refractivity contribution in [1.29, 1.82) is 0 Å². The largest absolute Gasteiger partial charge is 0.508 e. The third-order valence-electron chi connectivity index (χ3n) is 5.62. The zero-order valence-electron chi connectivity index (χ0n) is 23.2. The molecule has 208 valence electrons. The first-order chi connectivity index (χ1) is 17.2. The van der Waals surface area contributed by atoms with Gasteiger partial charge in [-0.1, -0.05) is 26.3 Å². The van der Waals surface area contributed by atoms with Crippen molar-refractivity contribution in [3.8, 4) is 5.75 Å². The summed E-state index contributed by atoms with van der Waals surface area (Å²) in [4.78, 5) is 53.0. The zero-order chi connectivity index (χ0) is 28.3. The maximum absolute atomic E-state index is 13.9. The van der Waals surface area contributed by atoms with Gasteiger partial charge in [0.2, 0.25) is 17.7 Å². The van der Waals surface area contributed by atoms with Crippen LogP contribution in [-0.2, 0) is 19.1 Å². The van der Waals surface area contributed by atoms with Crippen molar-refractivity contribution in [2.24, 2.45) is 5.73 Å². The van der Waals surface area contributed by atoms with Crippen LogP contribution in [0.3, 0.4) is 0 Å². The fourth-order valence-corrected chi connectivity index (χ4v) is 3.95. The monoisotopic (exact) mass is 520 g/mol. The summed E-state index contributed by atoms with van der Waals surface area (Å²) >= 11 is 0. The number of alkyl carbamates (subject to hydrolysis) is 1. The highest BCUT2D eigenvalue weighted by Gasteiger charge is 2.36. The number of nitrogens with one attached hydrogen (secondary N) is 2. The molecule has 1 aromatic rings. The molecule has 0 heterocycles. The van der Waals surface area contributed by atoms with Crippen molar-refractivity contribution in [3.63, 3.8) is 0 Å². The smallest absolute Gasteiger partial charge is 0.408 e. The fourth-order valence-electron chi connectivity index (χ4n) is 3.95. The third kappa shape index (κ3) is 10.7. The Balaban J connectivity index is 3.49. The Kier molecular flexibility index (Phi) is 12.4. The van der Waals surface area contributed by atoms with Gasteiger partial charge in [0, 0.05) is 19.0 Å². The van der Waals surface area contributed by atoms with Gasteiger partial charge in [-0.2, -0.15) is 0 Å². The van der Waals surface area contributed by atoms with Gasteiger partial charge in [0.1, 0.15) is 23.4 Å². The molecule has 1 aromatic carbocycles. The Hall–Kier alpha value is -3.30. The average molecular weight is 521 g/mol. The topological polar surface area (TPSA) is 151 Å². The minimum atomic E-state index is -1.14. The van der Waals surface area contributed by atoms with Gasteiger partial charge in [-0.3, -0.25) is 14.4 Å². The minimum Gasteiger partial charge on any atom is -0.508 e. The standard InChI is InChI=1S/C27H44N4O6/c1-8-10-18(4)29-24(34)23(19-11-13-21(32)17(3)16-19)31(15-9-2)25(35)20(12-14-22(28)33)30-26(36)37-27(5,6)7/h11,13,16,18,20,23,32H,8-10,12,14-15H2,1-7H3,(H2,28,33)(H,29,34)(H,30,36). The van der Waals surface area contributed by atoms with Gasteiger partial charge in [-0.15, -0.1) is 0 Å². The van der Waals surface area contributed by atoms with Crippen LogP contribution in [0.5, 0.6) is 5.75 Å². The van der Waals surface area contributed by atoms with Crippen LogP contribution in [-0.4, -0.2) is 58.1 Å². The molecular formula is C27H44N4O6. The van der Waals surface area contributed by atoms with Crippen LogP contribution < -0.4 is 16.4 Å². The predicted molar refractivity (Wildman–Crippen MR) is 142 cm³/mol. The second-order valence-electron chi connectivity index (χ2n) is 10.4. The SMILES string of the molecule is CCCC(C)NC(=O)C(c1ccc(O)c(C)c1)N(CCC)C(=O)C(CCC(N)=O)NC(=O)OC(C)(C)C. The van der Waals surface area contributed by atoms with Gasteiger partial charge in [-0.25, -0.2) is 4.79 Å². The lowest BCUT2D eigenvalue weighted by Crippen LogP contribution is -2.54. The van der Waals surface area contributed by atoms with Gasteiger partial charge >= 0.3 is 6.09 Å². The second kappa shape index (κ2) is 14.4. The maximum Gasteiger partial charge on any atom is 0.408 e. The highest BCUT2D eigenvalue weighted by Crippen LogP contribution is 2.28. The Morgan fingerprint density at radius 2 is 1.73 bits per heavy atom. The summed E-state index contributed by atoms with van der Waals surface area (Å²) in [6.45, 7) is 12.8. The summed E-state index contributed by atoms with van der Waals surface area (Å²) in [7, 11) is 0. The van der Waals surface area contributed by atoms with E-state index in [2.05, 4.69) is 10.6 Å². The molecule has 0 radical (unpaired) electrons. The first kappa shape index (κ1) is 31.7. The highest BCUT2D eigenvalue weighted by molar-refractivity contribution is 5.92. The number of hydrogen-bond acceptors (Lipinski definition) is 6. The molecule has 3 atom stereocenters. The number of nitrogens with two attached hydrogens (primary N) is 1. The molecule has 0 spiro atoms. The van der Waals surface area contributed by atoms with Crippen LogP contribution in [0, 0.1) is 6.92 Å². The highest BCUT2D eigenvalue weighted by atomic mass is 16.6. The van der Waals surface area contributed by atoms with E-state index in [-0.39, 0.29) is 37.1 Å². The van der Waals surface area contributed by atoms with Gasteiger partial charge in [0.05, 0.1) is 0 Å². The number of phenols is 1. The molecule has 0 aliphatic carbocycles. The van der Waals surface area contributed by atoms with Crippen LogP contribution in [0.2, 0.25) is 0 Å². The lowest BCUT2D eigenvalue weighted by molar-refractivity contribution is -0.143. The van der Waals surface area contributed by atoms with Crippen molar-refractivity contribution in [2.45, 2.75) is 104 Å². The number of ether oxygens (including phenoxy) is 1. The summed E-state index contributed by atoms with van der Waals surface area (Å²) in [6.07, 6.45) is 1.15. The average Bonchev–Trinajstić information content (AvgIpc) is 2.76. The number of carbonyl (C=O) groups is 4. The van der Waals surface area contributed by atoms with E-state index >= 15 is 0 Å². The Morgan fingerprint density at radius 1 is 1.08 bits per heavy atom. The summed E-state index contributed by atoms with van der Waals surface area (Å²) in [6, 6.07) is 2.46. The van der Waals surface area contributed by atoms with Crippen molar-refractivity contribution >= 4 is 23.8 Å². The van der Waals surface area contributed by atoms with Crippen molar-refractivity contribution < 1.29 is 29.0 Å². The number of primary amides is 1. The van der Waals surface area contributed by atoms with Gasteiger partial charge < -0.3 is 31.1 Å². The number of nitrogens with zero attached hydrogens (tertiary/aromatic N) is 1. The Morgan fingerprint density at radius 3 is 2.24 bits per heavy atom. The number of hydrogen-bond donors (Lipinski definition) is 4. The number of carbonyl (C=O) groups excluding carboxylic acids is 4. The van der Waals surface area contributed by atoms with E-state index in [0.29, 0.717) is 17.5 Å². The second-order valence-corrected chi connectivity index (χ2v) is 10.4. The van der Waals surface area contributed by atoms with E-state index < -0.39 is 35.6 Å². The number of amides is 4. The molecule has 0 saturated heterocycles. The third-order valence-corrected chi connectivity index (χ3v) is 5.62. The van der Waals surface area contributed by atoms with Crippen LogP contribution in [0.4, 0.5) is 4.79 Å². The molecule has 0 bridgehead atoms. The lowest BCUT2D eigenvalue weighted by atomic mass is 9.99. The summed E-state index contributed by atoms with van der Waals surface area (Å²) in [5, 5.41) is 15.6. The molecule has 0 fully saturated rings. The first-order valence-electron chi connectivity index (χ1n) is 12.9. The summed E-state index contributed by atoms with van der Waals surface area (Å²) < 4.78 is 5.32. The van der Waals surface area contributed by atoms with Gasteiger partial charge in [-0.05, 0) is 77.1 Å². The molecule has 10 heteroatoms.